The molecule has 0 atom stereocenters. The summed E-state index contributed by atoms with van der Waals surface area (Å²) in [7, 11) is 0. The lowest BCUT2D eigenvalue weighted by Gasteiger charge is -2.24. The van der Waals surface area contributed by atoms with Crippen molar-refractivity contribution in [2.45, 2.75) is 25.8 Å². The highest BCUT2D eigenvalue weighted by Gasteiger charge is 2.21. The second-order valence-corrected chi connectivity index (χ2v) is 8.15. The summed E-state index contributed by atoms with van der Waals surface area (Å²) < 4.78 is 7.65. The van der Waals surface area contributed by atoms with Crippen molar-refractivity contribution >= 4 is 28.5 Å². The molecule has 0 unspecified atom stereocenters. The molecule has 1 saturated heterocycles. The van der Waals surface area contributed by atoms with E-state index in [0.717, 1.165) is 59.7 Å². The molecular weight excluding hydrogens is 396 g/mol. The highest BCUT2D eigenvalue weighted by atomic mass is 35.5. The average Bonchev–Trinajstić information content (AvgIpc) is 3.15. The van der Waals surface area contributed by atoms with Crippen molar-refractivity contribution in [2.75, 3.05) is 18.5 Å². The Labute approximate surface area is 180 Å². The molecule has 2 aromatic heterocycles. The van der Waals surface area contributed by atoms with Gasteiger partial charge >= 0.3 is 0 Å². The number of nitrogens with zero attached hydrogens (tertiary/aromatic N) is 3. The summed E-state index contributed by atoms with van der Waals surface area (Å²) in [5.74, 6) is 0.855. The van der Waals surface area contributed by atoms with Gasteiger partial charge in [-0.25, -0.2) is 9.97 Å². The number of anilines is 1. The summed E-state index contributed by atoms with van der Waals surface area (Å²) in [6.07, 6.45) is 5.71. The molecular formula is C24H23ClN4O. The van der Waals surface area contributed by atoms with Gasteiger partial charge in [-0.3, -0.25) is 0 Å². The highest BCUT2D eigenvalue weighted by Crippen LogP contribution is 2.36. The van der Waals surface area contributed by atoms with Crippen molar-refractivity contribution < 1.29 is 4.74 Å². The summed E-state index contributed by atoms with van der Waals surface area (Å²) in [6.45, 7) is 3.65. The summed E-state index contributed by atoms with van der Waals surface area (Å²) >= 11 is 6.32. The van der Waals surface area contributed by atoms with E-state index in [1.165, 1.54) is 5.56 Å². The van der Waals surface area contributed by atoms with Crippen LogP contribution in [0.3, 0.4) is 0 Å². The second kappa shape index (κ2) is 8.09. The van der Waals surface area contributed by atoms with Crippen LogP contribution in [-0.4, -0.2) is 33.8 Å². The average molecular weight is 419 g/mol. The zero-order chi connectivity index (χ0) is 20.5. The predicted octanol–water partition coefficient (Wildman–Crippen LogP) is 5.64. The van der Waals surface area contributed by atoms with E-state index >= 15 is 0 Å². The van der Waals surface area contributed by atoms with Gasteiger partial charge in [-0.05, 0) is 55.2 Å². The molecule has 0 amide bonds. The van der Waals surface area contributed by atoms with Crippen LogP contribution in [0.5, 0.6) is 0 Å². The van der Waals surface area contributed by atoms with Gasteiger partial charge in [0, 0.05) is 41.7 Å². The Morgan fingerprint density at radius 1 is 1.07 bits per heavy atom. The first kappa shape index (κ1) is 19.1. The van der Waals surface area contributed by atoms with E-state index in [1.54, 1.807) is 6.33 Å². The van der Waals surface area contributed by atoms with Gasteiger partial charge in [0.05, 0.1) is 5.39 Å². The normalized spacial score (nSPS) is 14.9. The minimum Gasteiger partial charge on any atom is -0.381 e. The Balaban J connectivity index is 1.71. The lowest BCUT2D eigenvalue weighted by molar-refractivity contribution is 0.0904. The lowest BCUT2D eigenvalue weighted by Crippen LogP contribution is -2.28. The van der Waals surface area contributed by atoms with Crippen molar-refractivity contribution in [3.05, 3.63) is 71.6 Å². The molecule has 1 aliphatic rings. The van der Waals surface area contributed by atoms with Gasteiger partial charge in [0.15, 0.2) is 5.65 Å². The van der Waals surface area contributed by atoms with Crippen molar-refractivity contribution in [2.24, 2.45) is 0 Å². The molecule has 1 aliphatic heterocycles. The third-order valence-electron chi connectivity index (χ3n) is 5.56. The van der Waals surface area contributed by atoms with Gasteiger partial charge in [0.2, 0.25) is 0 Å². The number of rotatable bonds is 4. The Bertz CT molecular complexity index is 1200. The molecule has 3 heterocycles. The van der Waals surface area contributed by atoms with Crippen LogP contribution >= 0.6 is 11.6 Å². The van der Waals surface area contributed by atoms with Crippen LogP contribution in [-0.2, 0) is 4.74 Å². The van der Waals surface area contributed by atoms with Gasteiger partial charge in [-0.1, -0.05) is 35.9 Å². The molecule has 6 heteroatoms. The molecule has 0 aliphatic carbocycles. The topological polar surface area (TPSA) is 52.0 Å². The Morgan fingerprint density at radius 3 is 2.70 bits per heavy atom. The summed E-state index contributed by atoms with van der Waals surface area (Å²) in [5.41, 5.74) is 5.25. The number of aromatic nitrogens is 3. The fraction of sp³-hybridized carbons (Fsp3) is 0.250. The van der Waals surface area contributed by atoms with Crippen LogP contribution in [0.25, 0.3) is 27.8 Å². The maximum Gasteiger partial charge on any atom is 0.150 e. The largest absolute Gasteiger partial charge is 0.381 e. The molecule has 5 rings (SSSR count). The SMILES string of the molecule is Cc1cccc(-n2cc(-c3cccc(Cl)c3)c3c(NC4CCOCC4)ncnc32)c1. The fourth-order valence-corrected chi connectivity index (χ4v) is 4.25. The van der Waals surface area contributed by atoms with Gasteiger partial charge in [0.25, 0.3) is 0 Å². The Hall–Kier alpha value is -2.89. The van der Waals surface area contributed by atoms with E-state index < -0.39 is 0 Å². The number of halogens is 1. The molecule has 0 spiro atoms. The zero-order valence-corrected chi connectivity index (χ0v) is 17.6. The number of fused-ring (bicyclic) bond motifs is 1. The molecule has 0 bridgehead atoms. The van der Waals surface area contributed by atoms with E-state index in [4.69, 9.17) is 16.3 Å². The van der Waals surface area contributed by atoms with E-state index in [-0.39, 0.29) is 0 Å². The van der Waals surface area contributed by atoms with Crippen molar-refractivity contribution in [3.8, 4) is 16.8 Å². The van der Waals surface area contributed by atoms with E-state index in [2.05, 4.69) is 63.3 Å². The van der Waals surface area contributed by atoms with Crippen LogP contribution in [0.2, 0.25) is 5.02 Å². The molecule has 1 fully saturated rings. The van der Waals surface area contributed by atoms with Crippen LogP contribution < -0.4 is 5.32 Å². The summed E-state index contributed by atoms with van der Waals surface area (Å²) in [4.78, 5) is 9.29. The lowest BCUT2D eigenvalue weighted by atomic mass is 10.1. The molecule has 0 saturated carbocycles. The first-order valence-corrected chi connectivity index (χ1v) is 10.6. The van der Waals surface area contributed by atoms with Crippen molar-refractivity contribution in [1.29, 1.82) is 0 Å². The minimum atomic E-state index is 0.339. The molecule has 1 N–H and O–H groups in total. The Morgan fingerprint density at radius 2 is 1.90 bits per heavy atom. The number of hydrogen-bond donors (Lipinski definition) is 1. The number of hydrogen-bond acceptors (Lipinski definition) is 4. The molecule has 30 heavy (non-hydrogen) atoms. The summed E-state index contributed by atoms with van der Waals surface area (Å²) in [6, 6.07) is 16.7. The third-order valence-corrected chi connectivity index (χ3v) is 5.80. The van der Waals surface area contributed by atoms with E-state index in [1.807, 2.05) is 18.2 Å². The molecule has 152 valence electrons. The van der Waals surface area contributed by atoms with E-state index in [0.29, 0.717) is 11.1 Å². The maximum atomic E-state index is 6.32. The molecule has 5 nitrogen and oxygen atoms in total. The van der Waals surface area contributed by atoms with Crippen LogP contribution in [0.1, 0.15) is 18.4 Å². The van der Waals surface area contributed by atoms with E-state index in [9.17, 15) is 0 Å². The quantitative estimate of drug-likeness (QED) is 0.466. The van der Waals surface area contributed by atoms with Gasteiger partial charge < -0.3 is 14.6 Å². The van der Waals surface area contributed by atoms with Gasteiger partial charge in [0.1, 0.15) is 12.1 Å². The number of aryl methyl sites for hydroxylation is 1. The molecule has 4 aromatic rings. The number of benzene rings is 2. The smallest absolute Gasteiger partial charge is 0.150 e. The zero-order valence-electron chi connectivity index (χ0n) is 16.8. The van der Waals surface area contributed by atoms with Crippen molar-refractivity contribution in [3.63, 3.8) is 0 Å². The number of ether oxygens (including phenoxy) is 1. The monoisotopic (exact) mass is 418 g/mol. The maximum absolute atomic E-state index is 6.32. The van der Waals surface area contributed by atoms with Crippen LogP contribution in [0.4, 0.5) is 5.82 Å². The van der Waals surface area contributed by atoms with Crippen molar-refractivity contribution in [1.82, 2.24) is 14.5 Å². The highest BCUT2D eigenvalue weighted by molar-refractivity contribution is 6.31. The van der Waals surface area contributed by atoms with Gasteiger partial charge in [-0.2, -0.15) is 0 Å². The molecule has 2 aromatic carbocycles. The standard InChI is InChI=1S/C24H23ClN4O/c1-16-4-2-7-20(12-16)29-14-21(17-5-3-6-18(25)13-17)22-23(26-15-27-24(22)29)28-19-8-10-30-11-9-19/h2-7,12-15,19H,8-11H2,1H3,(H,26,27,28). The fourth-order valence-electron chi connectivity index (χ4n) is 4.06. The minimum absolute atomic E-state index is 0.339. The number of nitrogens with one attached hydrogen (secondary N) is 1. The first-order valence-electron chi connectivity index (χ1n) is 10.2. The predicted molar refractivity (Wildman–Crippen MR) is 122 cm³/mol. The third kappa shape index (κ3) is 3.66. The Kier molecular flexibility index (Phi) is 5.15. The van der Waals surface area contributed by atoms with Crippen LogP contribution in [0.15, 0.2) is 61.1 Å². The van der Waals surface area contributed by atoms with Crippen LogP contribution in [0, 0.1) is 6.92 Å². The van der Waals surface area contributed by atoms with Gasteiger partial charge in [-0.15, -0.1) is 0 Å². The summed E-state index contributed by atoms with van der Waals surface area (Å²) in [5, 5.41) is 5.36. The first-order chi connectivity index (χ1) is 14.7. The molecule has 0 radical (unpaired) electrons. The second-order valence-electron chi connectivity index (χ2n) is 7.71.